The van der Waals surface area contributed by atoms with Crippen molar-refractivity contribution in [3.8, 4) is 17.0 Å². The zero-order valence-corrected chi connectivity index (χ0v) is 15.2. The molecule has 1 aromatic heterocycles. The molecule has 1 aliphatic heterocycles. The van der Waals surface area contributed by atoms with Gasteiger partial charge in [-0.15, -0.1) is 0 Å². The monoisotopic (exact) mass is 352 g/mol. The van der Waals surface area contributed by atoms with Gasteiger partial charge < -0.3 is 14.2 Å². The fourth-order valence-electron chi connectivity index (χ4n) is 3.79. The summed E-state index contributed by atoms with van der Waals surface area (Å²) >= 11 is 0. The van der Waals surface area contributed by atoms with Gasteiger partial charge in [0.25, 0.3) is 0 Å². The van der Waals surface area contributed by atoms with Crippen LogP contribution in [0.2, 0.25) is 0 Å². The molecule has 0 unspecified atom stereocenters. The Labute approximate surface area is 153 Å². The standard InChI is InChI=1S/C21H24N2O3/c1-25-17-9-5-8-16(13-17)21-18-14-23(11-10-19(18)26-22-21)20(24)12-15-6-3-2-4-7-15/h5-6,8-9,13H,2-4,7,10-12,14H2,1H3. The van der Waals surface area contributed by atoms with E-state index >= 15 is 0 Å². The molecule has 26 heavy (non-hydrogen) atoms. The summed E-state index contributed by atoms with van der Waals surface area (Å²) in [4.78, 5) is 14.7. The van der Waals surface area contributed by atoms with Gasteiger partial charge in [-0.3, -0.25) is 4.79 Å². The van der Waals surface area contributed by atoms with E-state index in [0.29, 0.717) is 19.5 Å². The maximum absolute atomic E-state index is 12.8. The van der Waals surface area contributed by atoms with Crippen LogP contribution in [0.5, 0.6) is 5.75 Å². The van der Waals surface area contributed by atoms with E-state index in [-0.39, 0.29) is 5.91 Å². The highest BCUT2D eigenvalue weighted by atomic mass is 16.5. The quantitative estimate of drug-likeness (QED) is 0.777. The molecular weight excluding hydrogens is 328 g/mol. The Morgan fingerprint density at radius 1 is 1.31 bits per heavy atom. The van der Waals surface area contributed by atoms with Crippen molar-refractivity contribution >= 4 is 5.91 Å². The van der Waals surface area contributed by atoms with Gasteiger partial charge in [-0.1, -0.05) is 28.9 Å². The smallest absolute Gasteiger partial charge is 0.226 e. The largest absolute Gasteiger partial charge is 0.497 e. The lowest BCUT2D eigenvalue weighted by Gasteiger charge is -2.27. The van der Waals surface area contributed by atoms with Crippen molar-refractivity contribution in [3.05, 3.63) is 47.2 Å². The predicted molar refractivity (Wildman–Crippen MR) is 98.8 cm³/mol. The van der Waals surface area contributed by atoms with Crippen LogP contribution in [0.1, 0.15) is 43.4 Å². The Morgan fingerprint density at radius 3 is 3.04 bits per heavy atom. The molecule has 0 atom stereocenters. The minimum Gasteiger partial charge on any atom is -0.497 e. The summed E-state index contributed by atoms with van der Waals surface area (Å²) in [6, 6.07) is 7.79. The van der Waals surface area contributed by atoms with Gasteiger partial charge in [0.05, 0.1) is 13.7 Å². The highest BCUT2D eigenvalue weighted by Crippen LogP contribution is 2.32. The molecule has 4 rings (SSSR count). The van der Waals surface area contributed by atoms with Crippen molar-refractivity contribution in [1.29, 1.82) is 0 Å². The lowest BCUT2D eigenvalue weighted by Crippen LogP contribution is -2.35. The van der Waals surface area contributed by atoms with Crippen LogP contribution in [0, 0.1) is 0 Å². The number of rotatable bonds is 4. The van der Waals surface area contributed by atoms with Crippen LogP contribution in [0.15, 0.2) is 40.4 Å². The number of hydrogen-bond acceptors (Lipinski definition) is 4. The zero-order chi connectivity index (χ0) is 17.9. The number of amides is 1. The second-order valence-electron chi connectivity index (χ2n) is 7.02. The van der Waals surface area contributed by atoms with E-state index < -0.39 is 0 Å². The molecular formula is C21H24N2O3. The number of hydrogen-bond donors (Lipinski definition) is 0. The van der Waals surface area contributed by atoms with Crippen LogP contribution in [0.4, 0.5) is 0 Å². The fourth-order valence-corrected chi connectivity index (χ4v) is 3.79. The molecule has 0 saturated carbocycles. The van der Waals surface area contributed by atoms with Gasteiger partial charge in [-0.05, 0) is 37.8 Å². The van der Waals surface area contributed by atoms with Crippen LogP contribution in [0.3, 0.4) is 0 Å². The number of nitrogens with zero attached hydrogens (tertiary/aromatic N) is 2. The van der Waals surface area contributed by atoms with Gasteiger partial charge in [-0.25, -0.2) is 0 Å². The molecule has 5 heteroatoms. The third kappa shape index (κ3) is 3.39. The molecule has 0 saturated heterocycles. The Balaban J connectivity index is 1.53. The van der Waals surface area contributed by atoms with Crippen LogP contribution < -0.4 is 4.74 Å². The van der Waals surface area contributed by atoms with Crippen LogP contribution in [-0.2, 0) is 17.8 Å². The number of carbonyl (C=O) groups is 1. The summed E-state index contributed by atoms with van der Waals surface area (Å²) in [5, 5.41) is 4.27. The van der Waals surface area contributed by atoms with Crippen molar-refractivity contribution in [1.82, 2.24) is 10.1 Å². The van der Waals surface area contributed by atoms with Crippen molar-refractivity contribution in [2.75, 3.05) is 13.7 Å². The molecule has 1 amide bonds. The first-order valence-electron chi connectivity index (χ1n) is 9.32. The summed E-state index contributed by atoms with van der Waals surface area (Å²) < 4.78 is 10.9. The second-order valence-corrected chi connectivity index (χ2v) is 7.02. The minimum atomic E-state index is 0.210. The molecule has 2 aromatic rings. The van der Waals surface area contributed by atoms with E-state index in [1.807, 2.05) is 29.2 Å². The average Bonchev–Trinajstić information content (AvgIpc) is 3.12. The zero-order valence-electron chi connectivity index (χ0n) is 15.2. The summed E-state index contributed by atoms with van der Waals surface area (Å²) in [7, 11) is 1.65. The average molecular weight is 352 g/mol. The van der Waals surface area contributed by atoms with Crippen LogP contribution >= 0.6 is 0 Å². The van der Waals surface area contributed by atoms with Crippen molar-refractivity contribution in [2.45, 2.75) is 45.1 Å². The first-order valence-corrected chi connectivity index (χ1v) is 9.32. The molecule has 5 nitrogen and oxygen atoms in total. The third-order valence-corrected chi connectivity index (χ3v) is 5.29. The molecule has 1 aromatic carbocycles. The molecule has 2 aliphatic rings. The number of allylic oxidation sites excluding steroid dienone is 1. The minimum absolute atomic E-state index is 0.210. The van der Waals surface area contributed by atoms with Gasteiger partial charge in [0.1, 0.15) is 17.2 Å². The van der Waals surface area contributed by atoms with E-state index in [1.54, 1.807) is 7.11 Å². The highest BCUT2D eigenvalue weighted by molar-refractivity contribution is 5.79. The number of benzene rings is 1. The van der Waals surface area contributed by atoms with Crippen molar-refractivity contribution < 1.29 is 14.1 Å². The Bertz CT molecular complexity index is 838. The van der Waals surface area contributed by atoms with Gasteiger partial charge in [0.15, 0.2) is 0 Å². The number of ether oxygens (including phenoxy) is 1. The van der Waals surface area contributed by atoms with E-state index in [9.17, 15) is 4.79 Å². The van der Waals surface area contributed by atoms with E-state index in [4.69, 9.17) is 9.26 Å². The van der Waals surface area contributed by atoms with Gasteiger partial charge in [-0.2, -0.15) is 0 Å². The molecule has 136 valence electrons. The Kier molecular flexibility index (Phi) is 4.78. The lowest BCUT2D eigenvalue weighted by molar-refractivity contribution is -0.131. The summed E-state index contributed by atoms with van der Waals surface area (Å²) in [5.74, 6) is 1.89. The van der Waals surface area contributed by atoms with Crippen molar-refractivity contribution in [3.63, 3.8) is 0 Å². The molecule has 0 fully saturated rings. The molecule has 0 spiro atoms. The highest BCUT2D eigenvalue weighted by Gasteiger charge is 2.28. The second kappa shape index (κ2) is 7.36. The topological polar surface area (TPSA) is 55.6 Å². The molecule has 0 N–H and O–H groups in total. The number of aromatic nitrogens is 1. The van der Waals surface area contributed by atoms with E-state index in [1.165, 1.54) is 18.4 Å². The Morgan fingerprint density at radius 2 is 2.23 bits per heavy atom. The van der Waals surface area contributed by atoms with E-state index in [0.717, 1.165) is 47.6 Å². The fraction of sp³-hybridized carbons (Fsp3) is 0.429. The molecule has 0 bridgehead atoms. The molecule has 0 radical (unpaired) electrons. The number of carbonyl (C=O) groups excluding carboxylic acids is 1. The first kappa shape index (κ1) is 16.9. The summed E-state index contributed by atoms with van der Waals surface area (Å²) in [5.41, 5.74) is 4.09. The molecule has 2 heterocycles. The first-order chi connectivity index (χ1) is 12.7. The maximum atomic E-state index is 12.8. The van der Waals surface area contributed by atoms with Gasteiger partial charge >= 0.3 is 0 Å². The van der Waals surface area contributed by atoms with Gasteiger partial charge in [0.2, 0.25) is 5.91 Å². The number of methoxy groups -OCH3 is 1. The van der Waals surface area contributed by atoms with Gasteiger partial charge in [0, 0.05) is 30.5 Å². The van der Waals surface area contributed by atoms with E-state index in [2.05, 4.69) is 11.2 Å². The van der Waals surface area contributed by atoms with Crippen molar-refractivity contribution in [2.24, 2.45) is 0 Å². The Hall–Kier alpha value is -2.56. The molecule has 1 aliphatic carbocycles. The SMILES string of the molecule is COc1cccc(-c2noc3c2CN(C(=O)CC2=CCCCC2)CC3)c1. The third-order valence-electron chi connectivity index (χ3n) is 5.29. The van der Waals surface area contributed by atoms with Crippen LogP contribution in [0.25, 0.3) is 11.3 Å². The number of fused-ring (bicyclic) bond motifs is 1. The predicted octanol–water partition coefficient (Wildman–Crippen LogP) is 4.13. The summed E-state index contributed by atoms with van der Waals surface area (Å²) in [6.07, 6.45) is 8.14. The summed E-state index contributed by atoms with van der Waals surface area (Å²) in [6.45, 7) is 1.27. The van der Waals surface area contributed by atoms with Crippen LogP contribution in [-0.4, -0.2) is 29.6 Å². The maximum Gasteiger partial charge on any atom is 0.226 e. The lowest BCUT2D eigenvalue weighted by atomic mass is 9.96. The normalized spacial score (nSPS) is 16.8.